The predicted octanol–water partition coefficient (Wildman–Crippen LogP) is 6.70. The Hall–Kier alpha value is -1.92. The van der Waals surface area contributed by atoms with Crippen LogP contribution in [0.3, 0.4) is 0 Å². The zero-order valence-electron chi connectivity index (χ0n) is 26.3. The number of urea groups is 1. The van der Waals surface area contributed by atoms with Gasteiger partial charge in [-0.3, -0.25) is 4.79 Å². The van der Waals surface area contributed by atoms with Gasteiger partial charge in [-0.25, -0.2) is 14.5 Å². The largest absolute Gasteiger partial charge is 0.458 e. The molecule has 1 aromatic rings. The van der Waals surface area contributed by atoms with E-state index < -0.39 is 41.0 Å². The lowest BCUT2D eigenvalue weighted by Gasteiger charge is -2.43. The zero-order chi connectivity index (χ0) is 31.6. The molecule has 3 fully saturated rings. The summed E-state index contributed by atoms with van der Waals surface area (Å²) >= 11 is 5.18. The first-order chi connectivity index (χ1) is 20.9. The molecule has 0 aromatic heterocycles. The number of rotatable bonds is 9. The Morgan fingerprint density at radius 3 is 2.50 bits per heavy atom. The number of esters is 1. The van der Waals surface area contributed by atoms with E-state index in [9.17, 15) is 14.4 Å². The summed E-state index contributed by atoms with van der Waals surface area (Å²) in [7, 11) is 0. The van der Waals surface area contributed by atoms with Gasteiger partial charge in [-0.2, -0.15) is 0 Å². The average Bonchev–Trinajstić information content (AvgIpc) is 3.28. The lowest BCUT2D eigenvalue weighted by atomic mass is 9.94. The molecule has 4 aliphatic rings. The Morgan fingerprint density at radius 1 is 1.09 bits per heavy atom. The molecule has 6 unspecified atom stereocenters. The van der Waals surface area contributed by atoms with Crippen LogP contribution >= 0.6 is 27.7 Å². The predicted molar refractivity (Wildman–Crippen MR) is 172 cm³/mol. The number of thioether (sulfide) groups is 1. The van der Waals surface area contributed by atoms with Gasteiger partial charge in [-0.15, -0.1) is 11.8 Å². The molecule has 0 bridgehead atoms. The highest BCUT2D eigenvalue weighted by molar-refractivity contribution is 9.11. The summed E-state index contributed by atoms with van der Waals surface area (Å²) < 4.78 is 24.5. The molecule has 0 N–H and O–H groups in total. The van der Waals surface area contributed by atoms with Crippen LogP contribution in [-0.2, 0) is 28.5 Å². The summed E-state index contributed by atoms with van der Waals surface area (Å²) in [5.74, 6) is -1.07. The Kier molecular flexibility index (Phi) is 10.8. The molecule has 3 heterocycles. The number of hydrogen-bond donors (Lipinski definition) is 0. The van der Waals surface area contributed by atoms with Gasteiger partial charge in [0, 0.05) is 6.61 Å². The number of ether oxygens (including phenoxy) is 4. The number of alkyl halides is 1. The smallest absolute Gasteiger partial charge is 0.329 e. The van der Waals surface area contributed by atoms with Crippen LogP contribution in [0.1, 0.15) is 91.2 Å². The Balaban J connectivity index is 1.39. The van der Waals surface area contributed by atoms with Gasteiger partial charge >= 0.3 is 12.0 Å². The van der Waals surface area contributed by atoms with E-state index in [0.717, 1.165) is 67.6 Å². The molecule has 3 amide bonds. The molecule has 7 atom stereocenters. The minimum Gasteiger partial charge on any atom is -0.458 e. The third kappa shape index (κ3) is 7.71. The molecule has 242 valence electrons. The first kappa shape index (κ1) is 33.4. The normalized spacial score (nSPS) is 29.5. The Labute approximate surface area is 273 Å². The second kappa shape index (κ2) is 14.2. The van der Waals surface area contributed by atoms with Crippen molar-refractivity contribution in [1.29, 1.82) is 0 Å². The lowest BCUT2D eigenvalue weighted by Crippen LogP contribution is -2.61. The number of halogens is 1. The van der Waals surface area contributed by atoms with Crippen molar-refractivity contribution in [3.63, 3.8) is 0 Å². The van der Waals surface area contributed by atoms with Gasteiger partial charge < -0.3 is 23.8 Å². The number of benzene rings is 1. The van der Waals surface area contributed by atoms with Crippen LogP contribution in [0.4, 0.5) is 4.79 Å². The summed E-state index contributed by atoms with van der Waals surface area (Å²) in [4.78, 5) is 43.9. The molecule has 1 saturated carbocycles. The third-order valence-electron chi connectivity index (χ3n) is 8.53. The van der Waals surface area contributed by atoms with E-state index in [2.05, 4.69) is 15.9 Å². The summed E-state index contributed by atoms with van der Waals surface area (Å²) in [5, 5.41) is -0.498. The van der Waals surface area contributed by atoms with E-state index >= 15 is 0 Å². The fourth-order valence-corrected chi connectivity index (χ4v) is 8.42. The number of carbonyl (C=O) groups excluding carboxylic acids is 3. The lowest BCUT2D eigenvalue weighted by molar-refractivity contribution is -0.202. The minimum atomic E-state index is -1.09. The van der Waals surface area contributed by atoms with Crippen molar-refractivity contribution in [2.45, 2.75) is 125 Å². The van der Waals surface area contributed by atoms with Gasteiger partial charge in [0.25, 0.3) is 5.91 Å². The summed E-state index contributed by atoms with van der Waals surface area (Å²) in [6.07, 6.45) is 6.13. The van der Waals surface area contributed by atoms with Gasteiger partial charge in [-0.1, -0.05) is 46.3 Å². The molecule has 2 saturated heterocycles. The number of nitrogens with zero attached hydrogens (tertiary/aromatic N) is 2. The van der Waals surface area contributed by atoms with Crippen LogP contribution in [0.5, 0.6) is 0 Å². The van der Waals surface area contributed by atoms with Gasteiger partial charge in [0.1, 0.15) is 23.1 Å². The zero-order valence-corrected chi connectivity index (χ0v) is 28.7. The number of fused-ring (bicyclic) bond motifs is 1. The van der Waals surface area contributed by atoms with Crippen molar-refractivity contribution in [3.05, 3.63) is 47.0 Å². The topological polar surface area (TPSA) is 94.6 Å². The molecule has 1 aliphatic carbocycles. The molecular weight excluding hydrogens is 648 g/mol. The van der Waals surface area contributed by atoms with Gasteiger partial charge in [0.05, 0.1) is 28.5 Å². The second-order valence-corrected chi connectivity index (χ2v) is 15.8. The van der Waals surface area contributed by atoms with Crippen molar-refractivity contribution in [2.75, 3.05) is 13.2 Å². The van der Waals surface area contributed by atoms with E-state index in [4.69, 9.17) is 18.9 Å². The fourth-order valence-electron chi connectivity index (χ4n) is 6.26. The molecule has 5 rings (SSSR count). The third-order valence-corrected chi connectivity index (χ3v) is 11.2. The van der Waals surface area contributed by atoms with Crippen LogP contribution in [0.2, 0.25) is 0 Å². The van der Waals surface area contributed by atoms with Gasteiger partial charge in [0.15, 0.2) is 6.29 Å². The van der Waals surface area contributed by atoms with Crippen molar-refractivity contribution in [1.82, 2.24) is 9.80 Å². The molecule has 0 radical (unpaired) electrons. The molecule has 0 spiro atoms. The van der Waals surface area contributed by atoms with E-state index in [1.807, 2.05) is 37.3 Å². The fraction of sp³-hybridized carbons (Fsp3) is 0.667. The van der Waals surface area contributed by atoms with Crippen LogP contribution in [0.15, 0.2) is 41.5 Å². The first-order valence-corrected chi connectivity index (χ1v) is 17.6. The number of imide groups is 1. The highest BCUT2D eigenvalue weighted by Crippen LogP contribution is 2.47. The van der Waals surface area contributed by atoms with Crippen molar-refractivity contribution in [3.8, 4) is 0 Å². The minimum absolute atomic E-state index is 0.0576. The molecule has 9 nitrogen and oxygen atoms in total. The molecule has 44 heavy (non-hydrogen) atoms. The van der Waals surface area contributed by atoms with Crippen LogP contribution in [0, 0.1) is 0 Å². The van der Waals surface area contributed by atoms with Crippen LogP contribution in [-0.4, -0.2) is 80.5 Å². The van der Waals surface area contributed by atoms with Crippen LogP contribution < -0.4 is 0 Å². The number of hydrogen-bond acceptors (Lipinski definition) is 8. The van der Waals surface area contributed by atoms with Crippen molar-refractivity contribution >= 4 is 45.6 Å². The molecule has 3 aliphatic heterocycles. The maximum atomic E-state index is 14.2. The van der Waals surface area contributed by atoms with E-state index in [1.54, 1.807) is 32.6 Å². The van der Waals surface area contributed by atoms with Gasteiger partial charge in [0.2, 0.25) is 0 Å². The standard InChI is InChI=1S/C33H45BrN2O7S/c1-20-27-29(37)36(21(2)31(38)43-33(3,4)5)32(39)35(30(27)44-28(20)34)19-25(22-12-7-6-8-13-22)41-23-14-11-15-24(18-23)42-26-16-9-10-17-40-26/h6-8,12-13,21,23-26,28,30H,9-11,14-19H2,1-5H3/t21?,23?,24?,25-,26?,28?,30?/m0/s1. The quantitative estimate of drug-likeness (QED) is 0.208. The maximum Gasteiger partial charge on any atom is 0.329 e. The maximum absolute atomic E-state index is 14.2. The van der Waals surface area contributed by atoms with Crippen LogP contribution in [0.25, 0.3) is 0 Å². The van der Waals surface area contributed by atoms with E-state index in [0.29, 0.717) is 5.57 Å². The second-order valence-electron chi connectivity index (χ2n) is 13.1. The summed E-state index contributed by atoms with van der Waals surface area (Å²) in [5.41, 5.74) is 1.56. The first-order valence-electron chi connectivity index (χ1n) is 15.8. The Bertz CT molecular complexity index is 1230. The molecular formula is C33H45BrN2O7S. The van der Waals surface area contributed by atoms with Crippen molar-refractivity contribution < 1.29 is 33.3 Å². The molecule has 11 heteroatoms. The highest BCUT2D eigenvalue weighted by Gasteiger charge is 2.52. The van der Waals surface area contributed by atoms with Crippen molar-refractivity contribution in [2.24, 2.45) is 0 Å². The monoisotopic (exact) mass is 692 g/mol. The van der Waals surface area contributed by atoms with Gasteiger partial charge in [-0.05, 0) is 90.7 Å². The summed E-state index contributed by atoms with van der Waals surface area (Å²) in [6, 6.07) is 8.29. The molecule has 1 aromatic carbocycles. The number of carbonyl (C=O) groups is 3. The number of amides is 3. The van der Waals surface area contributed by atoms with E-state index in [-0.39, 0.29) is 29.2 Å². The average molecular weight is 694 g/mol. The summed E-state index contributed by atoms with van der Waals surface area (Å²) in [6.45, 7) is 9.70. The SMILES string of the molecule is CC1=C2C(=O)N(C(C)C(=O)OC(C)(C)C)C(=O)N(C[C@H](OC3CCCC(OC4CCCCO4)C3)c3ccccc3)C2SC1Br. The van der Waals surface area contributed by atoms with E-state index in [1.165, 1.54) is 11.8 Å². The highest BCUT2D eigenvalue weighted by atomic mass is 79.9. The Morgan fingerprint density at radius 2 is 1.82 bits per heavy atom.